The fourth-order valence-electron chi connectivity index (χ4n) is 2.08. The van der Waals surface area contributed by atoms with Crippen LogP contribution in [-0.2, 0) is 6.18 Å². The van der Waals surface area contributed by atoms with Crippen LogP contribution in [0.3, 0.4) is 0 Å². The van der Waals surface area contributed by atoms with E-state index in [0.29, 0.717) is 6.20 Å². The van der Waals surface area contributed by atoms with Crippen LogP contribution >= 0.6 is 0 Å². The van der Waals surface area contributed by atoms with Crippen LogP contribution in [0.25, 0.3) is 5.65 Å². The van der Waals surface area contributed by atoms with Crippen molar-refractivity contribution in [2.24, 2.45) is 10.2 Å². The van der Waals surface area contributed by atoms with Gasteiger partial charge >= 0.3 is 12.1 Å². The van der Waals surface area contributed by atoms with Gasteiger partial charge in [0.2, 0.25) is 0 Å². The van der Waals surface area contributed by atoms with Gasteiger partial charge in [0.05, 0.1) is 11.3 Å². The molecule has 0 unspecified atom stereocenters. The lowest BCUT2D eigenvalue weighted by molar-refractivity contribution is -0.137. The van der Waals surface area contributed by atoms with Gasteiger partial charge in [0, 0.05) is 12.3 Å². The van der Waals surface area contributed by atoms with Crippen LogP contribution in [0.1, 0.15) is 16.1 Å². The first kappa shape index (κ1) is 16.6. The minimum atomic E-state index is -4.63. The summed E-state index contributed by atoms with van der Waals surface area (Å²) < 4.78 is 52.6. The number of carbonyl (C=O) groups is 1. The number of fused-ring (bicyclic) bond motifs is 1. The van der Waals surface area contributed by atoms with Crippen molar-refractivity contribution in [2.45, 2.75) is 6.18 Å². The van der Waals surface area contributed by atoms with Crippen molar-refractivity contribution in [2.75, 3.05) is 0 Å². The van der Waals surface area contributed by atoms with E-state index in [1.165, 1.54) is 18.2 Å². The molecule has 0 aliphatic carbocycles. The number of hydrogen-bond donors (Lipinski definition) is 1. The van der Waals surface area contributed by atoms with Gasteiger partial charge in [-0.25, -0.2) is 14.2 Å². The van der Waals surface area contributed by atoms with E-state index in [4.69, 9.17) is 0 Å². The standard InChI is InChI=1S/C15H8F4N4O2/c16-9-2-1-3-10(6-9)21-22-13-12(14(24)25)20-11-5-4-8(7-23(11)13)15(17,18)19/h1-7H,(H,24,25). The van der Waals surface area contributed by atoms with Crippen LogP contribution < -0.4 is 0 Å². The van der Waals surface area contributed by atoms with E-state index in [0.717, 1.165) is 22.6 Å². The first-order chi connectivity index (χ1) is 11.8. The summed E-state index contributed by atoms with van der Waals surface area (Å²) >= 11 is 0. The largest absolute Gasteiger partial charge is 0.476 e. The predicted octanol–water partition coefficient (Wildman–Crippen LogP) is 4.61. The van der Waals surface area contributed by atoms with Gasteiger partial charge in [-0.05, 0) is 24.3 Å². The number of halogens is 4. The minimum absolute atomic E-state index is 0.0430. The van der Waals surface area contributed by atoms with Crippen molar-refractivity contribution in [3.8, 4) is 0 Å². The summed E-state index contributed by atoms with van der Waals surface area (Å²) in [5.74, 6) is -2.48. The Morgan fingerprint density at radius 3 is 2.56 bits per heavy atom. The number of azo groups is 1. The fourth-order valence-corrected chi connectivity index (χ4v) is 2.08. The SMILES string of the molecule is O=C(O)c1nc2ccc(C(F)(F)F)cn2c1N=Nc1cccc(F)c1. The number of aromatic carboxylic acids is 1. The predicted molar refractivity (Wildman–Crippen MR) is 77.7 cm³/mol. The van der Waals surface area contributed by atoms with Gasteiger partial charge in [-0.1, -0.05) is 6.07 Å². The maximum atomic E-state index is 13.1. The molecule has 0 amide bonds. The van der Waals surface area contributed by atoms with Crippen molar-refractivity contribution in [3.05, 3.63) is 59.7 Å². The second kappa shape index (κ2) is 5.96. The molecule has 0 spiro atoms. The topological polar surface area (TPSA) is 79.3 Å². The van der Waals surface area contributed by atoms with Crippen LogP contribution in [0.5, 0.6) is 0 Å². The highest BCUT2D eigenvalue weighted by atomic mass is 19.4. The van der Waals surface area contributed by atoms with Crippen LogP contribution in [0, 0.1) is 5.82 Å². The molecule has 128 valence electrons. The number of aromatic nitrogens is 2. The average Bonchev–Trinajstić information content (AvgIpc) is 2.90. The lowest BCUT2D eigenvalue weighted by Gasteiger charge is -2.06. The lowest BCUT2D eigenvalue weighted by Crippen LogP contribution is -2.06. The molecule has 1 aromatic carbocycles. The van der Waals surface area contributed by atoms with Gasteiger partial charge in [-0.2, -0.15) is 13.2 Å². The molecule has 0 fully saturated rings. The number of carboxylic acid groups (broad SMARTS) is 1. The van der Waals surface area contributed by atoms with Gasteiger partial charge in [-0.15, -0.1) is 10.2 Å². The van der Waals surface area contributed by atoms with E-state index in [1.54, 1.807) is 0 Å². The number of alkyl halides is 3. The molecule has 0 radical (unpaired) electrons. The number of benzene rings is 1. The van der Waals surface area contributed by atoms with E-state index in [1.807, 2.05) is 0 Å². The Labute approximate surface area is 137 Å². The van der Waals surface area contributed by atoms with Crippen molar-refractivity contribution in [1.82, 2.24) is 9.38 Å². The Kier molecular flexibility index (Phi) is 3.95. The van der Waals surface area contributed by atoms with E-state index in [9.17, 15) is 27.5 Å². The second-order valence-electron chi connectivity index (χ2n) is 4.91. The molecule has 6 nitrogen and oxygen atoms in total. The Morgan fingerprint density at radius 1 is 1.16 bits per heavy atom. The molecule has 0 saturated heterocycles. The van der Waals surface area contributed by atoms with Crippen molar-refractivity contribution in [3.63, 3.8) is 0 Å². The molecule has 2 aromatic heterocycles. The maximum absolute atomic E-state index is 13.1. The summed E-state index contributed by atoms with van der Waals surface area (Å²) in [5.41, 5.74) is -1.55. The number of pyridine rings is 1. The minimum Gasteiger partial charge on any atom is -0.476 e. The van der Waals surface area contributed by atoms with E-state index in [-0.39, 0.29) is 11.3 Å². The molecular formula is C15H8F4N4O2. The molecule has 10 heteroatoms. The van der Waals surface area contributed by atoms with Crippen LogP contribution in [-0.4, -0.2) is 20.5 Å². The van der Waals surface area contributed by atoms with Crippen molar-refractivity contribution >= 4 is 23.1 Å². The number of nitrogens with zero attached hydrogens (tertiary/aromatic N) is 4. The van der Waals surface area contributed by atoms with Gasteiger partial charge in [0.1, 0.15) is 11.5 Å². The molecule has 2 heterocycles. The van der Waals surface area contributed by atoms with Gasteiger partial charge < -0.3 is 5.11 Å². The molecule has 0 atom stereocenters. The number of rotatable bonds is 3. The Morgan fingerprint density at radius 2 is 1.92 bits per heavy atom. The zero-order valence-corrected chi connectivity index (χ0v) is 12.2. The summed E-state index contributed by atoms with van der Waals surface area (Å²) in [7, 11) is 0. The summed E-state index contributed by atoms with van der Waals surface area (Å²) in [6, 6.07) is 6.77. The average molecular weight is 352 g/mol. The zero-order valence-electron chi connectivity index (χ0n) is 12.2. The number of imidazole rings is 1. The third kappa shape index (κ3) is 3.32. The monoisotopic (exact) mass is 352 g/mol. The Balaban J connectivity index is 2.16. The van der Waals surface area contributed by atoms with Crippen LogP contribution in [0.15, 0.2) is 52.8 Å². The fraction of sp³-hybridized carbons (Fsp3) is 0.0667. The summed E-state index contributed by atoms with van der Waals surface area (Å²) in [6.45, 7) is 0. The normalized spacial score (nSPS) is 12.2. The molecule has 3 rings (SSSR count). The molecule has 0 bridgehead atoms. The molecule has 0 aliphatic heterocycles. The zero-order chi connectivity index (χ0) is 18.2. The van der Waals surface area contributed by atoms with Crippen LogP contribution in [0.4, 0.5) is 29.1 Å². The quantitative estimate of drug-likeness (QED) is 0.552. The third-order valence-corrected chi connectivity index (χ3v) is 3.19. The first-order valence-electron chi connectivity index (χ1n) is 6.75. The summed E-state index contributed by atoms with van der Waals surface area (Å²) in [4.78, 5) is 15.0. The highest BCUT2D eigenvalue weighted by Crippen LogP contribution is 2.32. The first-order valence-corrected chi connectivity index (χ1v) is 6.75. The Bertz CT molecular complexity index is 995. The molecule has 3 aromatic rings. The van der Waals surface area contributed by atoms with Crippen LogP contribution in [0.2, 0.25) is 0 Å². The lowest BCUT2D eigenvalue weighted by atomic mass is 10.3. The third-order valence-electron chi connectivity index (χ3n) is 3.19. The molecular weight excluding hydrogens is 344 g/mol. The Hall–Kier alpha value is -3.30. The maximum Gasteiger partial charge on any atom is 0.417 e. The van der Waals surface area contributed by atoms with Gasteiger partial charge in [0.15, 0.2) is 11.5 Å². The van der Waals surface area contributed by atoms with Crippen molar-refractivity contribution < 1.29 is 27.5 Å². The number of carboxylic acids is 1. The van der Waals surface area contributed by atoms with E-state index >= 15 is 0 Å². The van der Waals surface area contributed by atoms with Crippen molar-refractivity contribution in [1.29, 1.82) is 0 Å². The summed E-state index contributed by atoms with van der Waals surface area (Å²) in [5, 5.41) is 16.5. The molecule has 0 aliphatic rings. The molecule has 0 saturated carbocycles. The highest BCUT2D eigenvalue weighted by Gasteiger charge is 2.31. The van der Waals surface area contributed by atoms with Gasteiger partial charge in [-0.3, -0.25) is 4.40 Å². The second-order valence-corrected chi connectivity index (χ2v) is 4.91. The van der Waals surface area contributed by atoms with E-state index < -0.39 is 35.0 Å². The number of hydrogen-bond acceptors (Lipinski definition) is 4. The van der Waals surface area contributed by atoms with E-state index in [2.05, 4.69) is 15.2 Å². The highest BCUT2D eigenvalue weighted by molar-refractivity contribution is 5.91. The smallest absolute Gasteiger partial charge is 0.417 e. The summed E-state index contributed by atoms with van der Waals surface area (Å²) in [6.07, 6.45) is -3.95. The molecule has 1 N–H and O–H groups in total. The van der Waals surface area contributed by atoms with Gasteiger partial charge in [0.25, 0.3) is 0 Å². The molecule has 25 heavy (non-hydrogen) atoms.